The number of halogens is 1. The molecule has 0 saturated carbocycles. The molecule has 0 amide bonds. The number of rotatable bonds is 5. The summed E-state index contributed by atoms with van der Waals surface area (Å²) in [7, 11) is 0. The summed E-state index contributed by atoms with van der Waals surface area (Å²) >= 11 is 0. The van der Waals surface area contributed by atoms with Gasteiger partial charge in [-0.05, 0) is 43.5 Å². The number of likely N-dealkylation sites (tertiary alicyclic amines) is 1. The first kappa shape index (κ1) is 17.5. The number of benzene rings is 1. The molecule has 4 nitrogen and oxygen atoms in total. The van der Waals surface area contributed by atoms with E-state index in [1.807, 2.05) is 24.4 Å². The lowest BCUT2D eigenvalue weighted by molar-refractivity contribution is 0.101. The van der Waals surface area contributed by atoms with E-state index in [2.05, 4.69) is 22.1 Å². The lowest BCUT2D eigenvalue weighted by Crippen LogP contribution is -2.45. The van der Waals surface area contributed by atoms with Crippen LogP contribution in [0, 0.1) is 11.7 Å². The number of ketones is 1. The lowest BCUT2D eigenvalue weighted by atomic mass is 9.93. The van der Waals surface area contributed by atoms with Crippen LogP contribution in [0.5, 0.6) is 0 Å². The molecule has 1 N–H and O–H groups in total. The molecule has 2 unspecified atom stereocenters. The number of pyridine rings is 1. The maximum atomic E-state index is 14.0. The second-order valence-electron chi connectivity index (χ2n) is 6.79. The molecule has 0 radical (unpaired) electrons. The number of hydrogen-bond acceptors (Lipinski definition) is 4. The Bertz CT molecular complexity index is 735. The van der Waals surface area contributed by atoms with E-state index in [-0.39, 0.29) is 17.4 Å². The monoisotopic (exact) mass is 341 g/mol. The fourth-order valence-corrected chi connectivity index (χ4v) is 3.51. The molecule has 1 saturated heterocycles. The number of carbonyl (C=O) groups excluding carboxylic acids is 1. The third kappa shape index (κ3) is 4.23. The van der Waals surface area contributed by atoms with Crippen LogP contribution in [0.25, 0.3) is 0 Å². The number of anilines is 1. The van der Waals surface area contributed by atoms with Gasteiger partial charge in [0.15, 0.2) is 5.78 Å². The Hall–Kier alpha value is -2.27. The van der Waals surface area contributed by atoms with Crippen molar-refractivity contribution in [1.82, 2.24) is 9.88 Å². The summed E-state index contributed by atoms with van der Waals surface area (Å²) in [6.45, 7) is 6.33. The van der Waals surface area contributed by atoms with Gasteiger partial charge in [0.25, 0.3) is 0 Å². The van der Waals surface area contributed by atoms with Crippen molar-refractivity contribution in [3.63, 3.8) is 0 Å². The second-order valence-corrected chi connectivity index (χ2v) is 6.79. The lowest BCUT2D eigenvalue weighted by Gasteiger charge is -2.37. The zero-order valence-corrected chi connectivity index (χ0v) is 14.7. The first-order valence-electron chi connectivity index (χ1n) is 8.73. The van der Waals surface area contributed by atoms with Gasteiger partial charge in [0.05, 0.1) is 11.3 Å². The highest BCUT2D eigenvalue weighted by Gasteiger charge is 2.27. The van der Waals surface area contributed by atoms with E-state index in [1.165, 1.54) is 13.0 Å². The molecule has 132 valence electrons. The van der Waals surface area contributed by atoms with Crippen molar-refractivity contribution in [2.75, 3.05) is 18.4 Å². The van der Waals surface area contributed by atoms with Crippen LogP contribution in [0.1, 0.15) is 36.3 Å². The maximum absolute atomic E-state index is 14.0. The Morgan fingerprint density at radius 2 is 2.16 bits per heavy atom. The number of carbonyl (C=O) groups is 1. The first-order valence-corrected chi connectivity index (χ1v) is 8.73. The molecule has 0 bridgehead atoms. The molecule has 25 heavy (non-hydrogen) atoms. The van der Waals surface area contributed by atoms with E-state index >= 15 is 0 Å². The summed E-state index contributed by atoms with van der Waals surface area (Å²) in [5, 5.41) is 3.40. The third-order valence-electron chi connectivity index (χ3n) is 4.81. The fraction of sp³-hybridized carbons (Fsp3) is 0.400. The normalized spacial score (nSPS) is 21.1. The summed E-state index contributed by atoms with van der Waals surface area (Å²) < 4.78 is 14.0. The highest BCUT2D eigenvalue weighted by atomic mass is 19.1. The van der Waals surface area contributed by atoms with Gasteiger partial charge in [-0.3, -0.25) is 14.7 Å². The van der Waals surface area contributed by atoms with Crippen LogP contribution >= 0.6 is 0 Å². The molecule has 1 aromatic carbocycles. The fourth-order valence-electron chi connectivity index (χ4n) is 3.51. The van der Waals surface area contributed by atoms with Crippen molar-refractivity contribution in [2.24, 2.45) is 5.92 Å². The quantitative estimate of drug-likeness (QED) is 0.842. The summed E-state index contributed by atoms with van der Waals surface area (Å²) in [5.74, 6) is -0.320. The SMILES string of the molecule is CC(=O)c1c(F)cccc1NC1CCN(Cc2ccccn2)CC1C. The summed E-state index contributed by atoms with van der Waals surface area (Å²) in [4.78, 5) is 18.6. The molecule has 0 spiro atoms. The second kappa shape index (κ2) is 7.74. The molecule has 1 aliphatic heterocycles. The average molecular weight is 341 g/mol. The van der Waals surface area contributed by atoms with Crippen LogP contribution in [0.3, 0.4) is 0 Å². The van der Waals surface area contributed by atoms with Gasteiger partial charge in [-0.1, -0.05) is 19.1 Å². The van der Waals surface area contributed by atoms with Crippen LogP contribution in [0.4, 0.5) is 10.1 Å². The highest BCUT2D eigenvalue weighted by molar-refractivity contribution is 5.99. The summed E-state index contributed by atoms with van der Waals surface area (Å²) in [5.41, 5.74) is 1.83. The van der Waals surface area contributed by atoms with E-state index in [1.54, 1.807) is 12.1 Å². The largest absolute Gasteiger partial charge is 0.381 e. The molecule has 2 atom stereocenters. The van der Waals surface area contributed by atoms with Gasteiger partial charge >= 0.3 is 0 Å². The van der Waals surface area contributed by atoms with Crippen LogP contribution in [-0.2, 0) is 6.54 Å². The van der Waals surface area contributed by atoms with Crippen LogP contribution in [-0.4, -0.2) is 34.8 Å². The van der Waals surface area contributed by atoms with Crippen molar-refractivity contribution >= 4 is 11.5 Å². The zero-order chi connectivity index (χ0) is 17.8. The number of nitrogens with one attached hydrogen (secondary N) is 1. The van der Waals surface area contributed by atoms with Crippen LogP contribution in [0.2, 0.25) is 0 Å². The van der Waals surface area contributed by atoms with Gasteiger partial charge in [-0.15, -0.1) is 0 Å². The standard InChI is InChI=1S/C20H24FN3O/c1-14-12-24(13-16-6-3-4-10-22-16)11-9-18(14)23-19-8-5-7-17(21)20(19)15(2)25/h3-8,10,14,18,23H,9,11-13H2,1-2H3. The van der Waals surface area contributed by atoms with Crippen molar-refractivity contribution < 1.29 is 9.18 Å². The van der Waals surface area contributed by atoms with E-state index < -0.39 is 5.82 Å². The number of hydrogen-bond donors (Lipinski definition) is 1. The maximum Gasteiger partial charge on any atom is 0.164 e. The molecule has 3 rings (SSSR count). The predicted molar refractivity (Wildman–Crippen MR) is 97.1 cm³/mol. The topological polar surface area (TPSA) is 45.2 Å². The third-order valence-corrected chi connectivity index (χ3v) is 4.81. The molecule has 5 heteroatoms. The van der Waals surface area contributed by atoms with E-state index in [4.69, 9.17) is 0 Å². The minimum Gasteiger partial charge on any atom is -0.381 e. The van der Waals surface area contributed by atoms with E-state index in [0.29, 0.717) is 11.6 Å². The molecule has 1 aliphatic rings. The van der Waals surface area contributed by atoms with Gasteiger partial charge < -0.3 is 5.32 Å². The van der Waals surface area contributed by atoms with Crippen LogP contribution in [0.15, 0.2) is 42.6 Å². The minimum atomic E-state index is -0.460. The summed E-state index contributed by atoms with van der Waals surface area (Å²) in [6.07, 6.45) is 2.77. The molecule has 0 aliphatic carbocycles. The van der Waals surface area contributed by atoms with E-state index in [9.17, 15) is 9.18 Å². The van der Waals surface area contributed by atoms with Crippen molar-refractivity contribution in [3.8, 4) is 0 Å². The van der Waals surface area contributed by atoms with Gasteiger partial charge in [-0.25, -0.2) is 4.39 Å². The van der Waals surface area contributed by atoms with Crippen molar-refractivity contribution in [1.29, 1.82) is 0 Å². The van der Waals surface area contributed by atoms with Gasteiger partial charge in [-0.2, -0.15) is 0 Å². The Kier molecular flexibility index (Phi) is 5.43. The molecule has 2 aromatic rings. The zero-order valence-electron chi connectivity index (χ0n) is 14.7. The minimum absolute atomic E-state index is 0.158. The Balaban J connectivity index is 1.65. The molecule has 2 heterocycles. The Morgan fingerprint density at radius 3 is 2.84 bits per heavy atom. The number of piperidine rings is 1. The molecule has 1 aromatic heterocycles. The highest BCUT2D eigenvalue weighted by Crippen LogP contribution is 2.26. The van der Waals surface area contributed by atoms with E-state index in [0.717, 1.165) is 31.7 Å². The summed E-state index contributed by atoms with van der Waals surface area (Å²) in [6, 6.07) is 11.0. The van der Waals surface area contributed by atoms with Gasteiger partial charge in [0.2, 0.25) is 0 Å². The van der Waals surface area contributed by atoms with Gasteiger partial charge in [0, 0.05) is 37.6 Å². The van der Waals surface area contributed by atoms with Crippen molar-refractivity contribution in [3.05, 3.63) is 59.7 Å². The van der Waals surface area contributed by atoms with Crippen LogP contribution < -0.4 is 5.32 Å². The Labute approximate surface area is 148 Å². The average Bonchev–Trinajstić information content (AvgIpc) is 2.58. The number of nitrogens with zero attached hydrogens (tertiary/aromatic N) is 2. The molecular formula is C20H24FN3O. The first-order chi connectivity index (χ1) is 12.0. The van der Waals surface area contributed by atoms with Gasteiger partial charge in [0.1, 0.15) is 5.82 Å². The molecular weight excluding hydrogens is 317 g/mol. The smallest absolute Gasteiger partial charge is 0.164 e. The number of Topliss-reactive ketones (excluding diaryl/α,β-unsaturated/α-hetero) is 1. The van der Waals surface area contributed by atoms with Crippen molar-refractivity contribution in [2.45, 2.75) is 32.9 Å². The number of aromatic nitrogens is 1. The molecule has 1 fully saturated rings. The Morgan fingerprint density at radius 1 is 1.32 bits per heavy atom. The predicted octanol–water partition coefficient (Wildman–Crippen LogP) is 3.75.